The fourth-order valence-corrected chi connectivity index (χ4v) is 4.24. The van der Waals surface area contributed by atoms with Gasteiger partial charge in [-0.25, -0.2) is 4.79 Å². The van der Waals surface area contributed by atoms with E-state index in [4.69, 9.17) is 5.73 Å². The van der Waals surface area contributed by atoms with E-state index in [1.165, 1.54) is 49.2 Å². The second kappa shape index (κ2) is 7.37. The van der Waals surface area contributed by atoms with E-state index in [2.05, 4.69) is 0 Å². The zero-order valence-electron chi connectivity index (χ0n) is 14.0. The Morgan fingerprint density at radius 2 is 1.30 bits per heavy atom. The molecule has 0 aromatic carbocycles. The van der Waals surface area contributed by atoms with Gasteiger partial charge in [0.2, 0.25) is 0 Å². The molecule has 0 unspecified atom stereocenters. The molecule has 1 heterocycles. The molecule has 0 saturated heterocycles. The van der Waals surface area contributed by atoms with Gasteiger partial charge in [0.25, 0.3) is 5.56 Å². The average Bonchev–Trinajstić information content (AvgIpc) is 2.57. The molecule has 2 saturated carbocycles. The van der Waals surface area contributed by atoms with Crippen LogP contribution < -0.4 is 17.0 Å². The minimum atomic E-state index is -0.238. The van der Waals surface area contributed by atoms with E-state index >= 15 is 0 Å². The highest BCUT2D eigenvalue weighted by Crippen LogP contribution is 2.26. The second-order valence-corrected chi connectivity index (χ2v) is 7.42. The van der Waals surface area contributed by atoms with Crippen LogP contribution in [0.2, 0.25) is 0 Å². The van der Waals surface area contributed by atoms with E-state index < -0.39 is 0 Å². The highest BCUT2D eigenvalue weighted by molar-refractivity contribution is 5.26. The lowest BCUT2D eigenvalue weighted by molar-refractivity contribution is 0.294. The third-order valence-electron chi connectivity index (χ3n) is 5.64. The van der Waals surface area contributed by atoms with Crippen LogP contribution in [0.15, 0.2) is 15.7 Å². The van der Waals surface area contributed by atoms with Gasteiger partial charge in [-0.15, -0.1) is 0 Å². The number of nitrogen functional groups attached to an aromatic ring is 1. The normalized spacial score (nSPS) is 20.7. The lowest BCUT2D eigenvalue weighted by Crippen LogP contribution is -2.43. The standard InChI is InChI=1S/C18H29N3O2/c19-16-11-17(22)21(13-15-9-5-2-6-10-15)18(23)20(16)12-14-7-3-1-4-8-14/h11,14-15H,1-10,12-13,19H2. The third kappa shape index (κ3) is 3.88. The summed E-state index contributed by atoms with van der Waals surface area (Å²) >= 11 is 0. The van der Waals surface area contributed by atoms with Gasteiger partial charge in [-0.1, -0.05) is 38.5 Å². The number of aromatic nitrogens is 2. The van der Waals surface area contributed by atoms with Crippen molar-refractivity contribution in [2.24, 2.45) is 11.8 Å². The Morgan fingerprint density at radius 3 is 1.83 bits per heavy atom. The highest BCUT2D eigenvalue weighted by atomic mass is 16.2. The van der Waals surface area contributed by atoms with E-state index in [9.17, 15) is 9.59 Å². The number of nitrogens with two attached hydrogens (primary N) is 1. The molecule has 23 heavy (non-hydrogen) atoms. The predicted octanol–water partition coefficient (Wildman–Crippen LogP) is 2.75. The van der Waals surface area contributed by atoms with Gasteiger partial charge < -0.3 is 5.73 Å². The summed E-state index contributed by atoms with van der Waals surface area (Å²) < 4.78 is 3.06. The van der Waals surface area contributed by atoms with Gasteiger partial charge in [0.05, 0.1) is 0 Å². The van der Waals surface area contributed by atoms with Gasteiger partial charge in [0.15, 0.2) is 0 Å². The minimum absolute atomic E-state index is 0.203. The van der Waals surface area contributed by atoms with E-state index in [1.807, 2.05) is 0 Å². The van der Waals surface area contributed by atoms with E-state index in [0.29, 0.717) is 30.7 Å². The molecule has 0 radical (unpaired) electrons. The number of nitrogens with zero attached hydrogens (tertiary/aromatic N) is 2. The van der Waals surface area contributed by atoms with Crippen molar-refractivity contribution in [3.63, 3.8) is 0 Å². The first-order valence-corrected chi connectivity index (χ1v) is 9.25. The quantitative estimate of drug-likeness (QED) is 0.927. The molecule has 1 aromatic heterocycles. The molecule has 0 spiro atoms. The van der Waals surface area contributed by atoms with Crippen molar-refractivity contribution in [1.29, 1.82) is 0 Å². The second-order valence-electron chi connectivity index (χ2n) is 7.42. The van der Waals surface area contributed by atoms with Gasteiger partial charge in [-0.3, -0.25) is 13.9 Å². The van der Waals surface area contributed by atoms with Crippen LogP contribution in [0.25, 0.3) is 0 Å². The van der Waals surface area contributed by atoms with Crippen molar-refractivity contribution < 1.29 is 0 Å². The molecule has 0 bridgehead atoms. The van der Waals surface area contributed by atoms with Gasteiger partial charge >= 0.3 is 5.69 Å². The maximum Gasteiger partial charge on any atom is 0.332 e. The molecule has 2 N–H and O–H groups in total. The third-order valence-corrected chi connectivity index (χ3v) is 5.64. The Kier molecular flexibility index (Phi) is 5.23. The Balaban J connectivity index is 1.82. The molecule has 1 aromatic rings. The molecule has 5 heteroatoms. The van der Waals surface area contributed by atoms with Crippen LogP contribution in [0.1, 0.15) is 64.2 Å². The Morgan fingerprint density at radius 1 is 0.826 bits per heavy atom. The van der Waals surface area contributed by atoms with Crippen molar-refractivity contribution in [3.05, 3.63) is 26.9 Å². The summed E-state index contributed by atoms with van der Waals surface area (Å²) in [6, 6.07) is 1.44. The number of hydrogen-bond donors (Lipinski definition) is 1. The van der Waals surface area contributed by atoms with Crippen LogP contribution in [-0.4, -0.2) is 9.13 Å². The van der Waals surface area contributed by atoms with E-state index in [0.717, 1.165) is 25.7 Å². The van der Waals surface area contributed by atoms with Crippen molar-refractivity contribution in [2.45, 2.75) is 77.3 Å². The lowest BCUT2D eigenvalue weighted by atomic mass is 9.89. The molecular weight excluding hydrogens is 290 g/mol. The van der Waals surface area contributed by atoms with Gasteiger partial charge in [-0.2, -0.15) is 0 Å². The van der Waals surface area contributed by atoms with Crippen molar-refractivity contribution >= 4 is 5.82 Å². The largest absolute Gasteiger partial charge is 0.385 e. The SMILES string of the molecule is Nc1cc(=O)n(CC2CCCCC2)c(=O)n1CC1CCCCC1. The predicted molar refractivity (Wildman–Crippen MR) is 92.5 cm³/mol. The summed E-state index contributed by atoms with van der Waals surface area (Å²) in [5.41, 5.74) is 5.55. The lowest BCUT2D eigenvalue weighted by Gasteiger charge is -2.25. The molecule has 2 fully saturated rings. The first kappa shape index (κ1) is 16.3. The first-order valence-electron chi connectivity index (χ1n) is 9.25. The summed E-state index contributed by atoms with van der Waals surface area (Å²) in [4.78, 5) is 25.1. The Labute approximate surface area is 137 Å². The molecule has 5 nitrogen and oxygen atoms in total. The summed E-state index contributed by atoms with van der Waals surface area (Å²) in [5.74, 6) is 1.30. The number of anilines is 1. The Bertz CT molecular complexity index is 635. The van der Waals surface area contributed by atoms with E-state index in [1.54, 1.807) is 4.57 Å². The van der Waals surface area contributed by atoms with Crippen LogP contribution in [0.5, 0.6) is 0 Å². The van der Waals surface area contributed by atoms with Gasteiger partial charge in [-0.05, 0) is 37.5 Å². The van der Waals surface area contributed by atoms with Crippen molar-refractivity contribution in [1.82, 2.24) is 9.13 Å². The topological polar surface area (TPSA) is 70.0 Å². The highest BCUT2D eigenvalue weighted by Gasteiger charge is 2.20. The monoisotopic (exact) mass is 319 g/mol. The smallest absolute Gasteiger partial charge is 0.332 e. The number of hydrogen-bond acceptors (Lipinski definition) is 3. The molecule has 3 rings (SSSR count). The average molecular weight is 319 g/mol. The molecule has 2 aliphatic rings. The molecule has 0 atom stereocenters. The molecular formula is C18H29N3O2. The van der Waals surface area contributed by atoms with Crippen LogP contribution in [0.3, 0.4) is 0 Å². The Hall–Kier alpha value is -1.52. The number of rotatable bonds is 4. The van der Waals surface area contributed by atoms with Gasteiger partial charge in [0, 0.05) is 19.2 Å². The molecule has 2 aliphatic carbocycles. The van der Waals surface area contributed by atoms with Crippen LogP contribution in [0, 0.1) is 11.8 Å². The van der Waals surface area contributed by atoms with Crippen molar-refractivity contribution in [3.8, 4) is 0 Å². The van der Waals surface area contributed by atoms with E-state index in [-0.39, 0.29) is 11.2 Å². The fraction of sp³-hybridized carbons (Fsp3) is 0.778. The maximum absolute atomic E-state index is 12.8. The minimum Gasteiger partial charge on any atom is -0.385 e. The zero-order chi connectivity index (χ0) is 16.2. The molecule has 128 valence electrons. The van der Waals surface area contributed by atoms with Crippen LogP contribution in [0.4, 0.5) is 5.82 Å². The van der Waals surface area contributed by atoms with Crippen LogP contribution >= 0.6 is 0 Å². The zero-order valence-corrected chi connectivity index (χ0v) is 14.0. The van der Waals surface area contributed by atoms with Crippen LogP contribution in [-0.2, 0) is 13.1 Å². The first-order chi connectivity index (χ1) is 11.1. The summed E-state index contributed by atoms with van der Waals surface area (Å²) in [6.45, 7) is 1.22. The summed E-state index contributed by atoms with van der Waals surface area (Å²) in [7, 11) is 0. The van der Waals surface area contributed by atoms with Crippen molar-refractivity contribution in [2.75, 3.05) is 5.73 Å². The summed E-state index contributed by atoms with van der Waals surface area (Å²) in [6.07, 6.45) is 12.0. The maximum atomic E-state index is 12.8. The molecule has 0 amide bonds. The summed E-state index contributed by atoms with van der Waals surface area (Å²) in [5, 5.41) is 0. The molecule has 0 aliphatic heterocycles. The van der Waals surface area contributed by atoms with Gasteiger partial charge in [0.1, 0.15) is 5.82 Å². The fourth-order valence-electron chi connectivity index (χ4n) is 4.24.